The molecule has 168 valence electrons. The highest BCUT2D eigenvalue weighted by atomic mass is 35.5. The van der Waals surface area contributed by atoms with E-state index >= 15 is 0 Å². The third-order valence-electron chi connectivity index (χ3n) is 4.51. The van der Waals surface area contributed by atoms with E-state index in [0.717, 1.165) is 16.4 Å². The van der Waals surface area contributed by atoms with Crippen molar-refractivity contribution in [1.29, 1.82) is 0 Å². The first-order chi connectivity index (χ1) is 14.6. The smallest absolute Gasteiger partial charge is 0.324 e. The summed E-state index contributed by atoms with van der Waals surface area (Å²) in [6, 6.07) is 10.1. The third-order valence-corrected chi connectivity index (χ3v) is 6.63. The monoisotopic (exact) mass is 468 g/mol. The number of halogens is 1. The summed E-state index contributed by atoms with van der Waals surface area (Å²) in [6.45, 7) is 5.43. The molecule has 0 saturated heterocycles. The number of carbonyl (C=O) groups is 1. The highest BCUT2D eigenvalue weighted by Crippen LogP contribution is 2.27. The molecule has 0 saturated carbocycles. The van der Waals surface area contributed by atoms with Crippen molar-refractivity contribution in [2.24, 2.45) is 5.92 Å². The number of nitro benzene ring substituents is 1. The van der Waals surface area contributed by atoms with Gasteiger partial charge in [0, 0.05) is 23.7 Å². The molecule has 1 unspecified atom stereocenters. The average molecular weight is 469 g/mol. The van der Waals surface area contributed by atoms with Crippen LogP contribution < -0.4 is 0 Å². The number of sulfonamides is 1. The summed E-state index contributed by atoms with van der Waals surface area (Å²) in [4.78, 5) is 22.9. The second-order valence-corrected chi connectivity index (χ2v) is 9.65. The molecule has 1 atom stereocenters. The molecule has 2 rings (SSSR count). The molecule has 0 aromatic heterocycles. The Kier molecular flexibility index (Phi) is 8.55. The van der Waals surface area contributed by atoms with Gasteiger partial charge in [0.1, 0.15) is 6.04 Å². The first kappa shape index (κ1) is 24.8. The maximum atomic E-state index is 13.5. The minimum absolute atomic E-state index is 0.00850. The summed E-state index contributed by atoms with van der Waals surface area (Å²) in [5, 5.41) is 11.4. The zero-order valence-corrected chi connectivity index (χ0v) is 19.1. The maximum Gasteiger partial charge on any atom is 0.324 e. The van der Waals surface area contributed by atoms with E-state index in [4.69, 9.17) is 16.3 Å². The van der Waals surface area contributed by atoms with E-state index in [0.29, 0.717) is 10.6 Å². The van der Waals surface area contributed by atoms with Crippen molar-refractivity contribution in [1.82, 2.24) is 4.31 Å². The van der Waals surface area contributed by atoms with E-state index in [1.807, 2.05) is 13.8 Å². The summed E-state index contributed by atoms with van der Waals surface area (Å²) >= 11 is 5.94. The van der Waals surface area contributed by atoms with Gasteiger partial charge in [0.05, 0.1) is 16.4 Å². The highest BCUT2D eigenvalue weighted by molar-refractivity contribution is 7.89. The molecule has 31 heavy (non-hydrogen) atoms. The van der Waals surface area contributed by atoms with Crippen LogP contribution in [0.5, 0.6) is 0 Å². The van der Waals surface area contributed by atoms with E-state index in [1.165, 1.54) is 12.1 Å². The van der Waals surface area contributed by atoms with Crippen molar-refractivity contribution in [3.63, 3.8) is 0 Å². The minimum atomic E-state index is -4.18. The quantitative estimate of drug-likeness (QED) is 0.290. The summed E-state index contributed by atoms with van der Waals surface area (Å²) in [5.74, 6) is -0.634. The van der Waals surface area contributed by atoms with Crippen LogP contribution in [0.2, 0.25) is 5.02 Å². The van der Waals surface area contributed by atoms with Crippen LogP contribution in [0.1, 0.15) is 32.8 Å². The number of hydrogen-bond acceptors (Lipinski definition) is 6. The van der Waals surface area contributed by atoms with Crippen molar-refractivity contribution in [3.05, 3.63) is 69.2 Å². The van der Waals surface area contributed by atoms with E-state index < -0.39 is 27.0 Å². The summed E-state index contributed by atoms with van der Waals surface area (Å²) in [6.07, 6.45) is 0.249. The number of benzene rings is 2. The summed E-state index contributed by atoms with van der Waals surface area (Å²) in [7, 11) is -4.18. The molecule has 0 radical (unpaired) electrons. The van der Waals surface area contributed by atoms with Gasteiger partial charge in [-0.2, -0.15) is 4.31 Å². The molecule has 0 bridgehead atoms. The van der Waals surface area contributed by atoms with Crippen LogP contribution in [0.15, 0.2) is 53.4 Å². The van der Waals surface area contributed by atoms with Gasteiger partial charge in [-0.25, -0.2) is 8.42 Å². The third kappa shape index (κ3) is 6.49. The van der Waals surface area contributed by atoms with Crippen molar-refractivity contribution in [2.45, 2.75) is 44.7 Å². The predicted molar refractivity (Wildman–Crippen MR) is 117 cm³/mol. The molecule has 2 aromatic rings. The zero-order valence-electron chi connectivity index (χ0n) is 17.5. The van der Waals surface area contributed by atoms with Gasteiger partial charge in [0.15, 0.2) is 0 Å². The first-order valence-corrected chi connectivity index (χ1v) is 11.6. The SMILES string of the molecule is CCOC(=O)C(CC(C)C)N(Cc1ccc(Cl)cc1)S(=O)(=O)c1ccc([N+](=O)[O-])cc1. The fraction of sp³-hybridized carbons (Fsp3) is 0.381. The number of rotatable bonds is 10. The zero-order chi connectivity index (χ0) is 23.2. The molecule has 0 spiro atoms. The molecule has 8 nitrogen and oxygen atoms in total. The van der Waals surface area contributed by atoms with Crippen molar-refractivity contribution >= 4 is 33.3 Å². The molecule has 0 heterocycles. The van der Waals surface area contributed by atoms with Gasteiger partial charge in [-0.3, -0.25) is 14.9 Å². The lowest BCUT2D eigenvalue weighted by molar-refractivity contribution is -0.384. The fourth-order valence-electron chi connectivity index (χ4n) is 3.02. The van der Waals surface area contributed by atoms with Crippen LogP contribution in [0.25, 0.3) is 0 Å². The maximum absolute atomic E-state index is 13.5. The van der Waals surface area contributed by atoms with Gasteiger partial charge in [-0.05, 0) is 49.1 Å². The van der Waals surface area contributed by atoms with Gasteiger partial charge in [-0.15, -0.1) is 0 Å². The molecule has 2 aromatic carbocycles. The van der Waals surface area contributed by atoms with E-state index in [9.17, 15) is 23.3 Å². The molecule has 0 aliphatic carbocycles. The average Bonchev–Trinajstić information content (AvgIpc) is 2.71. The Morgan fingerprint density at radius 2 is 1.71 bits per heavy atom. The largest absolute Gasteiger partial charge is 0.465 e. The number of hydrogen-bond donors (Lipinski definition) is 0. The van der Waals surface area contributed by atoms with Crippen LogP contribution in [0, 0.1) is 16.0 Å². The van der Waals surface area contributed by atoms with Crippen molar-refractivity contribution < 1.29 is 22.9 Å². The number of ether oxygens (including phenoxy) is 1. The van der Waals surface area contributed by atoms with Crippen LogP contribution in [0.4, 0.5) is 5.69 Å². The summed E-state index contributed by atoms with van der Waals surface area (Å²) in [5.41, 5.74) is 0.403. The van der Waals surface area contributed by atoms with Crippen molar-refractivity contribution in [2.75, 3.05) is 6.61 Å². The van der Waals surface area contributed by atoms with Crippen LogP contribution in [-0.4, -0.2) is 36.3 Å². The number of esters is 1. The number of non-ortho nitro benzene ring substituents is 1. The fourth-order valence-corrected chi connectivity index (χ4v) is 4.73. The molecule has 10 heteroatoms. The van der Waals surface area contributed by atoms with Gasteiger partial charge in [0.2, 0.25) is 10.0 Å². The lowest BCUT2D eigenvalue weighted by Gasteiger charge is -2.30. The number of carbonyl (C=O) groups excluding carboxylic acids is 1. The second kappa shape index (κ2) is 10.7. The Balaban J connectivity index is 2.55. The Hall–Kier alpha value is -2.49. The normalized spacial score (nSPS) is 12.7. The molecular weight excluding hydrogens is 444 g/mol. The molecule has 0 aliphatic heterocycles. The van der Waals surface area contributed by atoms with E-state index in [-0.39, 0.29) is 36.1 Å². The molecule has 0 N–H and O–H groups in total. The predicted octanol–water partition coefficient (Wildman–Crippen LogP) is 4.42. The molecule has 0 aliphatic rings. The standard InChI is InChI=1S/C21H25ClN2O6S/c1-4-30-21(25)20(13-15(2)3)23(14-16-5-7-17(22)8-6-16)31(28,29)19-11-9-18(10-12-19)24(26)27/h5-12,15,20H,4,13-14H2,1-3H3. The molecule has 0 fully saturated rings. The Morgan fingerprint density at radius 1 is 1.13 bits per heavy atom. The molecule has 0 amide bonds. The van der Waals surface area contributed by atoms with E-state index in [2.05, 4.69) is 0 Å². The molecular formula is C21H25ClN2O6S. The van der Waals surface area contributed by atoms with Gasteiger partial charge in [-0.1, -0.05) is 37.6 Å². The Labute approximate surface area is 187 Å². The Morgan fingerprint density at radius 3 is 2.19 bits per heavy atom. The summed E-state index contributed by atoms with van der Waals surface area (Å²) < 4.78 is 33.3. The van der Waals surface area contributed by atoms with E-state index in [1.54, 1.807) is 31.2 Å². The van der Waals surface area contributed by atoms with Crippen LogP contribution in [0.3, 0.4) is 0 Å². The lowest BCUT2D eigenvalue weighted by atomic mass is 10.0. The first-order valence-electron chi connectivity index (χ1n) is 9.73. The lowest BCUT2D eigenvalue weighted by Crippen LogP contribution is -2.46. The number of nitrogens with zero attached hydrogens (tertiary/aromatic N) is 2. The van der Waals surface area contributed by atoms with Crippen LogP contribution in [-0.2, 0) is 26.1 Å². The topological polar surface area (TPSA) is 107 Å². The van der Waals surface area contributed by atoms with Crippen LogP contribution >= 0.6 is 11.6 Å². The second-order valence-electron chi connectivity index (χ2n) is 7.33. The minimum Gasteiger partial charge on any atom is -0.465 e. The highest BCUT2D eigenvalue weighted by Gasteiger charge is 2.37. The van der Waals surface area contributed by atoms with Gasteiger partial charge < -0.3 is 4.74 Å². The van der Waals surface area contributed by atoms with Crippen molar-refractivity contribution in [3.8, 4) is 0 Å². The van der Waals surface area contributed by atoms with Gasteiger partial charge >= 0.3 is 5.97 Å². The Bertz CT molecular complexity index is 1010. The van der Waals surface area contributed by atoms with Gasteiger partial charge in [0.25, 0.3) is 5.69 Å². The number of nitro groups is 1.